The van der Waals surface area contributed by atoms with Crippen LogP contribution in [-0.4, -0.2) is 12.8 Å². The Morgan fingerprint density at radius 1 is 1.55 bits per heavy atom. The first kappa shape index (κ1) is 7.79. The van der Waals surface area contributed by atoms with Gasteiger partial charge in [0.05, 0.1) is 6.21 Å². The van der Waals surface area contributed by atoms with E-state index in [1.165, 1.54) is 0 Å². The van der Waals surface area contributed by atoms with E-state index in [9.17, 15) is 0 Å². The van der Waals surface area contributed by atoms with Crippen molar-refractivity contribution < 1.29 is 4.84 Å². The molecule has 2 heteroatoms. The van der Waals surface area contributed by atoms with Crippen LogP contribution in [0.15, 0.2) is 29.4 Å². The van der Waals surface area contributed by atoms with E-state index in [0.29, 0.717) is 6.61 Å². The molecule has 0 aliphatic carbocycles. The van der Waals surface area contributed by atoms with Gasteiger partial charge >= 0.3 is 0 Å². The van der Waals surface area contributed by atoms with Gasteiger partial charge in [-0.1, -0.05) is 29.4 Å². The van der Waals surface area contributed by atoms with Crippen molar-refractivity contribution in [2.24, 2.45) is 5.16 Å². The Bertz CT molecular complexity index is 218. The van der Waals surface area contributed by atoms with Crippen molar-refractivity contribution in [2.45, 2.75) is 6.92 Å². The lowest BCUT2D eigenvalue weighted by molar-refractivity contribution is 0.160. The second kappa shape index (κ2) is 4.50. The third-order valence-corrected chi connectivity index (χ3v) is 1.15. The molecule has 1 aromatic carbocycles. The third kappa shape index (κ3) is 2.85. The second-order valence-electron chi connectivity index (χ2n) is 1.99. The topological polar surface area (TPSA) is 21.6 Å². The van der Waals surface area contributed by atoms with Gasteiger partial charge in [-0.3, -0.25) is 0 Å². The zero-order valence-corrected chi connectivity index (χ0v) is 6.45. The molecule has 2 nitrogen and oxygen atoms in total. The lowest BCUT2D eigenvalue weighted by Gasteiger charge is -1.91. The van der Waals surface area contributed by atoms with E-state index in [1.807, 2.05) is 31.2 Å². The number of benzene rings is 1. The van der Waals surface area contributed by atoms with Crippen LogP contribution in [0.1, 0.15) is 12.5 Å². The molecule has 0 atom stereocenters. The van der Waals surface area contributed by atoms with Crippen molar-refractivity contribution in [3.63, 3.8) is 0 Å². The summed E-state index contributed by atoms with van der Waals surface area (Å²) in [6.45, 7) is 2.51. The molecular formula is C9H10NO. The summed E-state index contributed by atoms with van der Waals surface area (Å²) >= 11 is 0. The number of rotatable bonds is 3. The Morgan fingerprint density at radius 2 is 2.27 bits per heavy atom. The monoisotopic (exact) mass is 148 g/mol. The maximum absolute atomic E-state index is 4.80. The highest BCUT2D eigenvalue weighted by molar-refractivity contribution is 5.78. The van der Waals surface area contributed by atoms with Gasteiger partial charge in [-0.15, -0.1) is 0 Å². The number of nitrogens with zero attached hydrogens (tertiary/aromatic N) is 1. The number of hydrogen-bond donors (Lipinski definition) is 0. The zero-order chi connectivity index (χ0) is 7.94. The van der Waals surface area contributed by atoms with E-state index in [-0.39, 0.29) is 0 Å². The molecular weight excluding hydrogens is 138 g/mol. The molecule has 0 aromatic heterocycles. The van der Waals surface area contributed by atoms with E-state index < -0.39 is 0 Å². The van der Waals surface area contributed by atoms with E-state index in [1.54, 1.807) is 6.21 Å². The van der Waals surface area contributed by atoms with Crippen LogP contribution in [0.4, 0.5) is 0 Å². The molecule has 0 aliphatic rings. The maximum Gasteiger partial charge on any atom is 0.114 e. The van der Waals surface area contributed by atoms with Crippen molar-refractivity contribution in [3.05, 3.63) is 35.9 Å². The maximum atomic E-state index is 4.80. The molecule has 0 N–H and O–H groups in total. The molecule has 0 bridgehead atoms. The summed E-state index contributed by atoms with van der Waals surface area (Å²) < 4.78 is 0. The molecule has 11 heavy (non-hydrogen) atoms. The highest BCUT2D eigenvalue weighted by Gasteiger charge is 1.82. The Labute approximate surface area is 66.5 Å². The standard InChI is InChI=1S/C9H10NO/c1-2-11-10-8-9-6-4-3-5-7-9/h4-8H,2H2,1H3/b10-8+. The van der Waals surface area contributed by atoms with Crippen LogP contribution in [0.2, 0.25) is 0 Å². The summed E-state index contributed by atoms with van der Waals surface area (Å²) in [5, 5.41) is 3.72. The van der Waals surface area contributed by atoms with Crippen LogP contribution in [0.5, 0.6) is 0 Å². The second-order valence-corrected chi connectivity index (χ2v) is 1.99. The average Bonchev–Trinajstić information content (AvgIpc) is 2.07. The molecule has 0 saturated carbocycles. The van der Waals surface area contributed by atoms with Gasteiger partial charge in [-0.05, 0) is 18.6 Å². The third-order valence-electron chi connectivity index (χ3n) is 1.15. The van der Waals surface area contributed by atoms with Gasteiger partial charge in [0.2, 0.25) is 0 Å². The molecule has 1 aromatic rings. The molecule has 0 fully saturated rings. The minimum Gasteiger partial charge on any atom is -0.396 e. The Kier molecular flexibility index (Phi) is 3.19. The fraction of sp³-hybridized carbons (Fsp3) is 0.222. The lowest BCUT2D eigenvalue weighted by atomic mass is 10.2. The highest BCUT2D eigenvalue weighted by Crippen LogP contribution is 1.93. The summed E-state index contributed by atoms with van der Waals surface area (Å²) in [5.74, 6) is 0. The molecule has 1 radical (unpaired) electrons. The summed E-state index contributed by atoms with van der Waals surface area (Å²) in [6, 6.07) is 10.4. The van der Waals surface area contributed by atoms with Gasteiger partial charge in [0.25, 0.3) is 0 Å². The molecule has 0 heterocycles. The van der Waals surface area contributed by atoms with Crippen LogP contribution in [0.3, 0.4) is 0 Å². The number of oxime groups is 1. The smallest absolute Gasteiger partial charge is 0.114 e. The zero-order valence-electron chi connectivity index (χ0n) is 6.45. The Morgan fingerprint density at radius 3 is 2.91 bits per heavy atom. The minimum atomic E-state index is 0.607. The van der Waals surface area contributed by atoms with Crippen LogP contribution < -0.4 is 0 Å². The van der Waals surface area contributed by atoms with Gasteiger partial charge in [-0.2, -0.15) is 0 Å². The number of hydrogen-bond acceptors (Lipinski definition) is 2. The molecule has 0 amide bonds. The van der Waals surface area contributed by atoms with Gasteiger partial charge in [0.15, 0.2) is 0 Å². The van der Waals surface area contributed by atoms with Crippen molar-refractivity contribution in [1.29, 1.82) is 0 Å². The van der Waals surface area contributed by atoms with Gasteiger partial charge < -0.3 is 4.84 Å². The van der Waals surface area contributed by atoms with Crippen molar-refractivity contribution >= 4 is 6.21 Å². The Hall–Kier alpha value is -1.31. The van der Waals surface area contributed by atoms with E-state index in [4.69, 9.17) is 4.84 Å². The largest absolute Gasteiger partial charge is 0.396 e. The highest BCUT2D eigenvalue weighted by atomic mass is 16.6. The van der Waals surface area contributed by atoms with Crippen molar-refractivity contribution in [3.8, 4) is 0 Å². The quantitative estimate of drug-likeness (QED) is 0.473. The van der Waals surface area contributed by atoms with Gasteiger partial charge in [0, 0.05) is 0 Å². The normalized spacial score (nSPS) is 10.3. The van der Waals surface area contributed by atoms with Crippen LogP contribution in [0.25, 0.3) is 0 Å². The van der Waals surface area contributed by atoms with Gasteiger partial charge in [0.1, 0.15) is 6.61 Å². The lowest BCUT2D eigenvalue weighted by Crippen LogP contribution is -1.82. The van der Waals surface area contributed by atoms with E-state index >= 15 is 0 Å². The van der Waals surface area contributed by atoms with Gasteiger partial charge in [-0.25, -0.2) is 0 Å². The van der Waals surface area contributed by atoms with E-state index in [0.717, 1.165) is 5.56 Å². The van der Waals surface area contributed by atoms with Crippen LogP contribution >= 0.6 is 0 Å². The first-order chi connectivity index (χ1) is 5.43. The molecule has 57 valence electrons. The molecule has 1 rings (SSSR count). The molecule has 0 aliphatic heterocycles. The van der Waals surface area contributed by atoms with Crippen molar-refractivity contribution in [1.82, 2.24) is 0 Å². The summed E-state index contributed by atoms with van der Waals surface area (Å²) in [6.07, 6.45) is 1.68. The fourth-order valence-electron chi connectivity index (χ4n) is 0.659. The predicted molar refractivity (Wildman–Crippen MR) is 44.5 cm³/mol. The first-order valence-electron chi connectivity index (χ1n) is 3.55. The average molecular weight is 148 g/mol. The molecule has 0 spiro atoms. The van der Waals surface area contributed by atoms with Crippen LogP contribution in [-0.2, 0) is 4.84 Å². The predicted octanol–water partition coefficient (Wildman–Crippen LogP) is 1.86. The summed E-state index contributed by atoms with van der Waals surface area (Å²) in [7, 11) is 0. The van der Waals surface area contributed by atoms with E-state index in [2.05, 4.69) is 11.2 Å². The molecule has 0 unspecified atom stereocenters. The fourth-order valence-corrected chi connectivity index (χ4v) is 0.659. The minimum absolute atomic E-state index is 0.607. The first-order valence-corrected chi connectivity index (χ1v) is 3.55. The summed E-state index contributed by atoms with van der Waals surface area (Å²) in [5.41, 5.74) is 1.03. The summed E-state index contributed by atoms with van der Waals surface area (Å²) in [4.78, 5) is 4.80. The van der Waals surface area contributed by atoms with Crippen molar-refractivity contribution in [2.75, 3.05) is 6.61 Å². The van der Waals surface area contributed by atoms with Crippen LogP contribution in [0, 0.1) is 6.07 Å². The SMILES string of the molecule is CCO/N=C/c1cc[c]cc1. The molecule has 0 saturated heterocycles. The Balaban J connectivity index is 2.50.